The molecule has 0 fully saturated rings. The summed E-state index contributed by atoms with van der Waals surface area (Å²) in [6, 6.07) is 0. The molecule has 19 heavy (non-hydrogen) atoms. The fourth-order valence-corrected chi connectivity index (χ4v) is 3.57. The van der Waals surface area contributed by atoms with Crippen molar-refractivity contribution in [2.75, 3.05) is 20.5 Å². The van der Waals surface area contributed by atoms with Crippen molar-refractivity contribution < 1.29 is 9.53 Å². The number of rotatable bonds is 4. The van der Waals surface area contributed by atoms with Crippen LogP contribution in [0.4, 0.5) is 0 Å². The van der Waals surface area contributed by atoms with E-state index in [1.54, 1.807) is 14.2 Å². The smallest absolute Gasteiger partial charge is 0.176 e. The number of carbonyl (C=O) groups excluding carboxylic acids is 1. The van der Waals surface area contributed by atoms with Crippen LogP contribution in [0.3, 0.4) is 0 Å². The number of thioether (sulfide) groups is 1. The summed E-state index contributed by atoms with van der Waals surface area (Å²) >= 11 is 4.00. The highest BCUT2D eigenvalue weighted by Gasteiger charge is 2.43. The Hall–Kier alpha value is 0.680. The molecule has 3 nitrogen and oxygen atoms in total. The molecule has 0 bridgehead atoms. The van der Waals surface area contributed by atoms with Crippen LogP contribution in [0.5, 0.6) is 0 Å². The first-order chi connectivity index (χ1) is 8.56. The zero-order valence-corrected chi connectivity index (χ0v) is 17.0. The van der Waals surface area contributed by atoms with Gasteiger partial charge in [0.05, 0.1) is 15.5 Å². The molecule has 0 saturated carbocycles. The van der Waals surface area contributed by atoms with Gasteiger partial charge in [0.1, 0.15) is 0 Å². The van der Waals surface area contributed by atoms with Gasteiger partial charge in [-0.25, -0.2) is 0 Å². The zero-order valence-electron chi connectivity index (χ0n) is 12.8. The molecular weight excluding hydrogens is 392 g/mol. The van der Waals surface area contributed by atoms with Gasteiger partial charge in [-0.1, -0.05) is 0 Å². The van der Waals surface area contributed by atoms with Crippen LogP contribution in [-0.4, -0.2) is 41.2 Å². The van der Waals surface area contributed by atoms with Gasteiger partial charge >= 0.3 is 0 Å². The maximum atomic E-state index is 11.3. The van der Waals surface area contributed by atoms with Crippen LogP contribution in [-0.2, 0) is 9.53 Å². The summed E-state index contributed by atoms with van der Waals surface area (Å²) in [5, 5.41) is 0. The molecule has 0 heterocycles. The standard InChI is InChI=1S/C11H19INOPS.C2H6O/c1-10(2,11(3,4)16-5)13(15)7-6-8(14)9(7)12;1-3-2/h6,15H2,1-5H3;1-2H3. The Morgan fingerprint density at radius 2 is 1.74 bits per heavy atom. The van der Waals surface area contributed by atoms with E-state index >= 15 is 0 Å². The highest BCUT2D eigenvalue weighted by molar-refractivity contribution is 14.1. The largest absolute Gasteiger partial charge is 0.388 e. The van der Waals surface area contributed by atoms with E-state index in [1.807, 2.05) is 11.8 Å². The lowest BCUT2D eigenvalue weighted by Crippen LogP contribution is -2.53. The van der Waals surface area contributed by atoms with E-state index < -0.39 is 0 Å². The van der Waals surface area contributed by atoms with E-state index in [-0.39, 0.29) is 16.1 Å². The molecule has 112 valence electrons. The lowest BCUT2D eigenvalue weighted by Gasteiger charge is -2.50. The molecule has 0 aromatic carbocycles. The maximum Gasteiger partial charge on any atom is 0.176 e. The van der Waals surface area contributed by atoms with Crippen LogP contribution in [0, 0.1) is 0 Å². The van der Waals surface area contributed by atoms with Gasteiger partial charge in [-0.3, -0.25) is 4.79 Å². The summed E-state index contributed by atoms with van der Waals surface area (Å²) in [7, 11) is 6.03. The molecule has 0 spiro atoms. The number of ketones is 1. The van der Waals surface area contributed by atoms with Gasteiger partial charge in [0.15, 0.2) is 5.78 Å². The molecule has 0 aliphatic heterocycles. The van der Waals surface area contributed by atoms with E-state index in [0.717, 1.165) is 9.28 Å². The van der Waals surface area contributed by atoms with Crippen molar-refractivity contribution in [2.24, 2.45) is 0 Å². The lowest BCUT2D eigenvalue weighted by atomic mass is 9.87. The summed E-state index contributed by atoms with van der Waals surface area (Å²) < 4.78 is 7.45. The van der Waals surface area contributed by atoms with E-state index in [1.165, 1.54) is 0 Å². The van der Waals surface area contributed by atoms with E-state index in [4.69, 9.17) is 0 Å². The molecule has 1 aliphatic rings. The fourth-order valence-electron chi connectivity index (χ4n) is 1.43. The summed E-state index contributed by atoms with van der Waals surface area (Å²) in [4.78, 5) is 11.3. The van der Waals surface area contributed by atoms with Crippen molar-refractivity contribution in [3.63, 3.8) is 0 Å². The molecule has 0 saturated heterocycles. The summed E-state index contributed by atoms with van der Waals surface area (Å²) in [6.07, 6.45) is 2.71. The Morgan fingerprint density at radius 1 is 1.32 bits per heavy atom. The Balaban J connectivity index is 0.000000982. The van der Waals surface area contributed by atoms with Gasteiger partial charge in [0.25, 0.3) is 0 Å². The van der Waals surface area contributed by atoms with Crippen LogP contribution >= 0.6 is 43.7 Å². The van der Waals surface area contributed by atoms with Crippen molar-refractivity contribution in [1.82, 2.24) is 4.67 Å². The Kier molecular flexibility index (Phi) is 7.89. The second-order valence-electron chi connectivity index (χ2n) is 5.41. The van der Waals surface area contributed by atoms with Gasteiger partial charge in [-0.2, -0.15) is 11.8 Å². The van der Waals surface area contributed by atoms with E-state index in [0.29, 0.717) is 6.42 Å². The van der Waals surface area contributed by atoms with Gasteiger partial charge in [-0.15, -0.1) is 0 Å². The quantitative estimate of drug-likeness (QED) is 0.513. The zero-order chi connectivity index (χ0) is 15.4. The van der Waals surface area contributed by atoms with Gasteiger partial charge in [0, 0.05) is 24.7 Å². The molecule has 0 aromatic heterocycles. The predicted octanol–water partition coefficient (Wildman–Crippen LogP) is 3.88. The van der Waals surface area contributed by atoms with Crippen LogP contribution < -0.4 is 0 Å². The number of halogens is 1. The Bertz CT molecular complexity index is 370. The lowest BCUT2D eigenvalue weighted by molar-refractivity contribution is -0.116. The Labute approximate surface area is 137 Å². The summed E-state index contributed by atoms with van der Waals surface area (Å²) in [6.45, 7) is 8.91. The fraction of sp³-hybridized carbons (Fsp3) is 0.769. The van der Waals surface area contributed by atoms with Crippen LogP contribution in [0.25, 0.3) is 0 Å². The maximum absolute atomic E-state index is 11.3. The average molecular weight is 417 g/mol. The number of hydrogen-bond donors (Lipinski definition) is 0. The highest BCUT2D eigenvalue weighted by Crippen LogP contribution is 2.45. The number of nitrogens with zero attached hydrogens (tertiary/aromatic N) is 1. The highest BCUT2D eigenvalue weighted by atomic mass is 127. The molecule has 1 rings (SSSR count). The first-order valence-electron chi connectivity index (χ1n) is 5.98. The monoisotopic (exact) mass is 417 g/mol. The predicted molar refractivity (Wildman–Crippen MR) is 96.8 cm³/mol. The number of methoxy groups -OCH3 is 1. The topological polar surface area (TPSA) is 29.5 Å². The van der Waals surface area contributed by atoms with Crippen molar-refractivity contribution in [3.8, 4) is 0 Å². The minimum atomic E-state index is -0.0104. The van der Waals surface area contributed by atoms with Gasteiger partial charge < -0.3 is 9.41 Å². The van der Waals surface area contributed by atoms with Gasteiger partial charge in [-0.05, 0) is 65.9 Å². The second-order valence-corrected chi connectivity index (χ2v) is 8.44. The van der Waals surface area contributed by atoms with Gasteiger partial charge in [0.2, 0.25) is 0 Å². The Morgan fingerprint density at radius 3 is 2.00 bits per heavy atom. The third kappa shape index (κ3) is 4.32. The minimum Gasteiger partial charge on any atom is -0.388 e. The molecule has 6 heteroatoms. The number of carbonyl (C=O) groups is 1. The first-order valence-corrected chi connectivity index (χ1v) is 8.80. The average Bonchev–Trinajstić information content (AvgIpc) is 2.35. The second kappa shape index (κ2) is 7.62. The normalized spacial score (nSPS) is 15.7. The third-order valence-electron chi connectivity index (χ3n) is 3.70. The number of Topliss-reactive ketones (excluding diaryl/α,β-unsaturated/α-hetero) is 1. The molecule has 0 amide bonds. The summed E-state index contributed by atoms with van der Waals surface area (Å²) in [5.41, 5.74) is 1.14. The van der Waals surface area contributed by atoms with Crippen LogP contribution in [0.15, 0.2) is 9.28 Å². The number of ether oxygens (including phenoxy) is 1. The molecule has 1 atom stereocenters. The molecule has 0 N–H and O–H groups in total. The summed E-state index contributed by atoms with van der Waals surface area (Å²) in [5.74, 6) is 0.265. The van der Waals surface area contributed by atoms with Crippen molar-refractivity contribution >= 4 is 49.5 Å². The molecular formula is C13H25INO2PS. The molecule has 1 unspecified atom stereocenters. The minimum absolute atomic E-state index is 0.0104. The number of hydrogen-bond acceptors (Lipinski definition) is 4. The van der Waals surface area contributed by atoms with E-state index in [2.05, 4.69) is 75.3 Å². The molecule has 1 aliphatic carbocycles. The molecule has 0 radical (unpaired) electrons. The van der Waals surface area contributed by atoms with E-state index in [9.17, 15) is 4.79 Å². The first kappa shape index (κ1) is 19.7. The van der Waals surface area contributed by atoms with Crippen molar-refractivity contribution in [3.05, 3.63) is 9.28 Å². The van der Waals surface area contributed by atoms with Crippen molar-refractivity contribution in [2.45, 2.75) is 44.4 Å². The third-order valence-corrected chi connectivity index (χ3v) is 7.40. The SMILES string of the molecule is COC.CSC(C)(C)C(C)(C)N(P)C1=C(I)C(=O)C1. The van der Waals surface area contributed by atoms with Crippen LogP contribution in [0.2, 0.25) is 0 Å². The molecule has 0 aromatic rings. The van der Waals surface area contributed by atoms with Crippen LogP contribution in [0.1, 0.15) is 34.1 Å². The number of allylic oxidation sites excluding steroid dienone is 2. The van der Waals surface area contributed by atoms with Crippen molar-refractivity contribution in [1.29, 1.82) is 0 Å².